The maximum atomic E-state index is 12.0. The number of rotatable bonds is 4. The van der Waals surface area contributed by atoms with Gasteiger partial charge >= 0.3 is 0 Å². The zero-order valence-corrected chi connectivity index (χ0v) is 12.5. The number of aromatic amines is 1. The Morgan fingerprint density at radius 1 is 1.38 bits per heavy atom. The molecule has 1 aromatic heterocycles. The SMILES string of the molecule is CSc1ccc(/C=N\NC(=O)c2n[nH]c3c2CCC3)cc1. The van der Waals surface area contributed by atoms with Crippen LogP contribution in [0, 0.1) is 0 Å². The van der Waals surface area contributed by atoms with Crippen molar-refractivity contribution in [1.29, 1.82) is 0 Å². The highest BCUT2D eigenvalue weighted by Gasteiger charge is 2.22. The molecular weight excluding hydrogens is 284 g/mol. The number of benzene rings is 1. The molecule has 21 heavy (non-hydrogen) atoms. The van der Waals surface area contributed by atoms with Gasteiger partial charge in [0.1, 0.15) is 0 Å². The van der Waals surface area contributed by atoms with E-state index < -0.39 is 0 Å². The predicted molar refractivity (Wildman–Crippen MR) is 83.9 cm³/mol. The fourth-order valence-electron chi connectivity index (χ4n) is 2.42. The zero-order valence-electron chi connectivity index (χ0n) is 11.7. The maximum Gasteiger partial charge on any atom is 0.292 e. The molecule has 0 fully saturated rings. The number of H-pyrrole nitrogens is 1. The van der Waals surface area contributed by atoms with Gasteiger partial charge in [0.25, 0.3) is 5.91 Å². The van der Waals surface area contributed by atoms with Crippen LogP contribution in [-0.4, -0.2) is 28.6 Å². The van der Waals surface area contributed by atoms with Gasteiger partial charge < -0.3 is 0 Å². The third-order valence-electron chi connectivity index (χ3n) is 3.52. The van der Waals surface area contributed by atoms with Gasteiger partial charge in [0.05, 0.1) is 6.21 Å². The first-order valence-corrected chi connectivity index (χ1v) is 8.04. The van der Waals surface area contributed by atoms with E-state index in [-0.39, 0.29) is 5.91 Å². The van der Waals surface area contributed by atoms with Crippen LogP contribution in [0.3, 0.4) is 0 Å². The number of hydrazone groups is 1. The predicted octanol–water partition coefficient (Wildman–Crippen LogP) is 2.38. The Kier molecular flexibility index (Phi) is 4.06. The van der Waals surface area contributed by atoms with Crippen LogP contribution in [0.25, 0.3) is 0 Å². The molecule has 3 rings (SSSR count). The van der Waals surface area contributed by atoms with E-state index in [9.17, 15) is 4.79 Å². The number of amides is 1. The van der Waals surface area contributed by atoms with Gasteiger partial charge in [0.15, 0.2) is 5.69 Å². The summed E-state index contributed by atoms with van der Waals surface area (Å²) in [6, 6.07) is 7.98. The van der Waals surface area contributed by atoms with Gasteiger partial charge in [0.2, 0.25) is 0 Å². The van der Waals surface area contributed by atoms with Crippen LogP contribution < -0.4 is 5.43 Å². The van der Waals surface area contributed by atoms with Crippen molar-refractivity contribution in [2.45, 2.75) is 24.2 Å². The van der Waals surface area contributed by atoms with E-state index in [0.29, 0.717) is 5.69 Å². The van der Waals surface area contributed by atoms with E-state index in [1.165, 1.54) is 4.90 Å². The van der Waals surface area contributed by atoms with Gasteiger partial charge in [-0.15, -0.1) is 11.8 Å². The summed E-state index contributed by atoms with van der Waals surface area (Å²) in [7, 11) is 0. The van der Waals surface area contributed by atoms with Crippen LogP contribution in [0.15, 0.2) is 34.3 Å². The van der Waals surface area contributed by atoms with E-state index >= 15 is 0 Å². The summed E-state index contributed by atoms with van der Waals surface area (Å²) < 4.78 is 0. The average Bonchev–Trinajstić information content (AvgIpc) is 3.10. The molecule has 0 spiro atoms. The molecular formula is C15H16N4OS. The van der Waals surface area contributed by atoms with Crippen LogP contribution in [0.5, 0.6) is 0 Å². The molecule has 6 heteroatoms. The van der Waals surface area contributed by atoms with Crippen molar-refractivity contribution in [1.82, 2.24) is 15.6 Å². The fraction of sp³-hybridized carbons (Fsp3) is 0.267. The van der Waals surface area contributed by atoms with Crippen molar-refractivity contribution in [3.63, 3.8) is 0 Å². The molecule has 1 aromatic carbocycles. The summed E-state index contributed by atoms with van der Waals surface area (Å²) in [5, 5.41) is 11.0. The lowest BCUT2D eigenvalue weighted by molar-refractivity contribution is 0.0949. The first-order valence-electron chi connectivity index (χ1n) is 6.81. The highest BCUT2D eigenvalue weighted by molar-refractivity contribution is 7.98. The van der Waals surface area contributed by atoms with E-state index in [4.69, 9.17) is 0 Å². The van der Waals surface area contributed by atoms with E-state index in [0.717, 1.165) is 36.1 Å². The highest BCUT2D eigenvalue weighted by atomic mass is 32.2. The van der Waals surface area contributed by atoms with Gasteiger partial charge in [-0.1, -0.05) is 12.1 Å². The van der Waals surface area contributed by atoms with E-state index in [1.807, 2.05) is 30.5 Å². The minimum atomic E-state index is -0.258. The zero-order chi connectivity index (χ0) is 14.7. The molecule has 1 aliphatic rings. The Labute approximate surface area is 127 Å². The molecule has 1 amide bonds. The summed E-state index contributed by atoms with van der Waals surface area (Å²) in [5.74, 6) is -0.258. The molecule has 0 aliphatic heterocycles. The van der Waals surface area contributed by atoms with Crippen LogP contribution in [0.1, 0.15) is 33.7 Å². The van der Waals surface area contributed by atoms with Crippen molar-refractivity contribution in [2.24, 2.45) is 5.10 Å². The number of nitrogens with one attached hydrogen (secondary N) is 2. The Balaban J connectivity index is 1.63. The third-order valence-corrected chi connectivity index (χ3v) is 4.26. The Bertz CT molecular complexity index is 675. The van der Waals surface area contributed by atoms with Crippen molar-refractivity contribution >= 4 is 23.9 Å². The molecule has 5 nitrogen and oxygen atoms in total. The van der Waals surface area contributed by atoms with E-state index in [1.54, 1.807) is 18.0 Å². The number of hydrogen-bond donors (Lipinski definition) is 2. The number of thioether (sulfide) groups is 1. The van der Waals surface area contributed by atoms with Gasteiger partial charge in [0, 0.05) is 16.2 Å². The van der Waals surface area contributed by atoms with Crippen molar-refractivity contribution in [3.8, 4) is 0 Å². The molecule has 1 heterocycles. The average molecular weight is 300 g/mol. The number of fused-ring (bicyclic) bond motifs is 1. The topological polar surface area (TPSA) is 70.1 Å². The first-order chi connectivity index (χ1) is 10.3. The molecule has 0 saturated heterocycles. The van der Waals surface area contributed by atoms with Crippen molar-refractivity contribution < 1.29 is 4.79 Å². The number of hydrogen-bond acceptors (Lipinski definition) is 4. The summed E-state index contributed by atoms with van der Waals surface area (Å²) in [4.78, 5) is 13.2. The second kappa shape index (κ2) is 6.13. The lowest BCUT2D eigenvalue weighted by atomic mass is 10.2. The van der Waals surface area contributed by atoms with Crippen LogP contribution >= 0.6 is 11.8 Å². The standard InChI is InChI=1S/C15H16N4OS/c1-21-11-7-5-10(6-8-11)9-16-19-15(20)14-12-3-2-4-13(12)17-18-14/h5-9H,2-4H2,1H3,(H,17,18)(H,19,20)/b16-9-. The highest BCUT2D eigenvalue weighted by Crippen LogP contribution is 2.22. The molecule has 0 radical (unpaired) electrons. The number of carbonyl (C=O) groups is 1. The molecule has 0 unspecified atom stereocenters. The maximum absolute atomic E-state index is 12.0. The minimum Gasteiger partial charge on any atom is -0.281 e. The number of aryl methyl sites for hydroxylation is 1. The van der Waals surface area contributed by atoms with Crippen LogP contribution in [-0.2, 0) is 12.8 Å². The van der Waals surface area contributed by atoms with Crippen molar-refractivity contribution in [3.05, 3.63) is 46.8 Å². The second-order valence-electron chi connectivity index (χ2n) is 4.86. The molecule has 0 bridgehead atoms. The third kappa shape index (κ3) is 3.00. The van der Waals surface area contributed by atoms with Gasteiger partial charge in [-0.25, -0.2) is 5.43 Å². The quantitative estimate of drug-likeness (QED) is 0.517. The minimum absolute atomic E-state index is 0.258. The fourth-order valence-corrected chi connectivity index (χ4v) is 2.82. The van der Waals surface area contributed by atoms with E-state index in [2.05, 4.69) is 20.7 Å². The van der Waals surface area contributed by atoms with Crippen LogP contribution in [0.2, 0.25) is 0 Å². The van der Waals surface area contributed by atoms with Gasteiger partial charge in [-0.05, 0) is 43.2 Å². The molecule has 108 valence electrons. The monoisotopic (exact) mass is 300 g/mol. The number of nitrogens with zero attached hydrogens (tertiary/aromatic N) is 2. The normalized spacial score (nSPS) is 13.6. The Morgan fingerprint density at radius 2 is 2.19 bits per heavy atom. The second-order valence-corrected chi connectivity index (χ2v) is 5.73. The van der Waals surface area contributed by atoms with Gasteiger partial charge in [-0.2, -0.15) is 10.2 Å². The smallest absolute Gasteiger partial charge is 0.281 e. The molecule has 1 aliphatic carbocycles. The molecule has 2 N–H and O–H groups in total. The molecule has 2 aromatic rings. The molecule has 0 saturated carbocycles. The van der Waals surface area contributed by atoms with Crippen molar-refractivity contribution in [2.75, 3.05) is 6.26 Å². The Morgan fingerprint density at radius 3 is 2.95 bits per heavy atom. The first kappa shape index (κ1) is 13.9. The lowest BCUT2D eigenvalue weighted by Gasteiger charge is -1.99. The van der Waals surface area contributed by atoms with Crippen LogP contribution in [0.4, 0.5) is 0 Å². The summed E-state index contributed by atoms with van der Waals surface area (Å²) in [6.45, 7) is 0. The number of aromatic nitrogens is 2. The lowest BCUT2D eigenvalue weighted by Crippen LogP contribution is -2.19. The Hall–Kier alpha value is -2.08. The number of carbonyl (C=O) groups excluding carboxylic acids is 1. The summed E-state index contributed by atoms with van der Waals surface area (Å²) in [6.07, 6.45) is 6.63. The summed E-state index contributed by atoms with van der Waals surface area (Å²) >= 11 is 1.69. The molecule has 0 atom stereocenters. The largest absolute Gasteiger partial charge is 0.292 e. The summed E-state index contributed by atoms with van der Waals surface area (Å²) in [5.41, 5.74) is 6.06. The van der Waals surface area contributed by atoms with Gasteiger partial charge in [-0.3, -0.25) is 9.89 Å².